The monoisotopic (exact) mass is 215 g/mol. The van der Waals surface area contributed by atoms with Crippen molar-refractivity contribution >= 4 is 11.8 Å². The fourth-order valence-corrected chi connectivity index (χ4v) is 1.18. The van der Waals surface area contributed by atoms with E-state index in [0.29, 0.717) is 25.9 Å². The van der Waals surface area contributed by atoms with Gasteiger partial charge in [-0.15, -0.1) is 0 Å². The smallest absolute Gasteiger partial charge is 0.220 e. The summed E-state index contributed by atoms with van der Waals surface area (Å²) in [5, 5.41) is 2.79. The molecule has 0 aliphatic carbocycles. The summed E-state index contributed by atoms with van der Waals surface area (Å²) in [6.45, 7) is 1.22. The fraction of sp³-hybridized carbons (Fsp3) is 0.800. The van der Waals surface area contributed by atoms with Crippen molar-refractivity contribution in [1.82, 2.24) is 5.32 Å². The third kappa shape index (κ3) is 10.8. The molecule has 0 radical (unpaired) electrons. The number of primary amides is 1. The fourth-order valence-electron chi connectivity index (χ4n) is 1.18. The zero-order valence-electron chi connectivity index (χ0n) is 9.13. The quantitative estimate of drug-likeness (QED) is 0.468. The molecule has 2 amide bonds. The number of nitrogens with one attached hydrogen (secondary N) is 1. The largest absolute Gasteiger partial charge is 0.370 e. The summed E-state index contributed by atoms with van der Waals surface area (Å²) in [6, 6.07) is 0. The van der Waals surface area contributed by atoms with Gasteiger partial charge in [-0.05, 0) is 25.8 Å². The Hall–Kier alpha value is -1.10. The highest BCUT2D eigenvalue weighted by molar-refractivity contribution is 5.75. The maximum Gasteiger partial charge on any atom is 0.220 e. The Morgan fingerprint density at radius 3 is 2.33 bits per heavy atom. The van der Waals surface area contributed by atoms with Gasteiger partial charge >= 0.3 is 0 Å². The molecular formula is C10H21N3O2. The lowest BCUT2D eigenvalue weighted by atomic mass is 10.2. The van der Waals surface area contributed by atoms with Crippen molar-refractivity contribution in [2.75, 3.05) is 13.1 Å². The Labute approximate surface area is 90.6 Å². The summed E-state index contributed by atoms with van der Waals surface area (Å²) < 4.78 is 0. The van der Waals surface area contributed by atoms with Crippen molar-refractivity contribution in [2.24, 2.45) is 11.5 Å². The van der Waals surface area contributed by atoms with Crippen LogP contribution >= 0.6 is 0 Å². The van der Waals surface area contributed by atoms with Gasteiger partial charge in [-0.3, -0.25) is 9.59 Å². The third-order valence-corrected chi connectivity index (χ3v) is 2.03. The predicted molar refractivity (Wildman–Crippen MR) is 59.0 cm³/mol. The number of amides is 2. The van der Waals surface area contributed by atoms with Crippen molar-refractivity contribution in [3.8, 4) is 0 Å². The summed E-state index contributed by atoms with van der Waals surface area (Å²) in [5.41, 5.74) is 10.3. The van der Waals surface area contributed by atoms with E-state index in [0.717, 1.165) is 25.7 Å². The average Bonchev–Trinajstić information content (AvgIpc) is 2.19. The van der Waals surface area contributed by atoms with E-state index in [-0.39, 0.29) is 11.8 Å². The van der Waals surface area contributed by atoms with E-state index in [4.69, 9.17) is 11.5 Å². The molecule has 0 atom stereocenters. The van der Waals surface area contributed by atoms with Gasteiger partial charge in [0.25, 0.3) is 0 Å². The first-order valence-corrected chi connectivity index (χ1v) is 5.42. The number of carbonyl (C=O) groups excluding carboxylic acids is 2. The molecule has 0 spiro atoms. The van der Waals surface area contributed by atoms with E-state index in [1.807, 2.05) is 0 Å². The number of hydrogen-bond acceptors (Lipinski definition) is 3. The Bertz CT molecular complexity index is 195. The van der Waals surface area contributed by atoms with Crippen LogP contribution in [-0.4, -0.2) is 24.9 Å². The molecule has 0 fully saturated rings. The molecule has 5 N–H and O–H groups in total. The summed E-state index contributed by atoms with van der Waals surface area (Å²) in [7, 11) is 0. The molecule has 0 heterocycles. The maximum atomic E-state index is 11.1. The number of carbonyl (C=O) groups is 2. The highest BCUT2D eigenvalue weighted by Crippen LogP contribution is 1.98. The highest BCUT2D eigenvalue weighted by atomic mass is 16.1. The lowest BCUT2D eigenvalue weighted by molar-refractivity contribution is -0.121. The van der Waals surface area contributed by atoms with Gasteiger partial charge in [0.2, 0.25) is 11.8 Å². The molecule has 5 nitrogen and oxygen atoms in total. The van der Waals surface area contributed by atoms with Crippen LogP contribution in [0, 0.1) is 0 Å². The summed E-state index contributed by atoms with van der Waals surface area (Å²) in [6.07, 6.45) is 4.27. The number of hydrogen-bond donors (Lipinski definition) is 3. The third-order valence-electron chi connectivity index (χ3n) is 2.03. The molecule has 0 aromatic heterocycles. The standard InChI is InChI=1S/C10H21N3O2/c11-7-4-6-10(15)13-8-3-1-2-5-9(12)14/h1-8,11H2,(H2,12,14)(H,13,15). The first-order chi connectivity index (χ1) is 7.16. The minimum absolute atomic E-state index is 0.0513. The van der Waals surface area contributed by atoms with Gasteiger partial charge in [-0.1, -0.05) is 6.42 Å². The summed E-state index contributed by atoms with van der Waals surface area (Å²) >= 11 is 0. The summed E-state index contributed by atoms with van der Waals surface area (Å²) in [4.78, 5) is 21.5. The molecule has 0 saturated heterocycles. The Morgan fingerprint density at radius 1 is 1.00 bits per heavy atom. The van der Waals surface area contributed by atoms with Crippen molar-refractivity contribution in [3.63, 3.8) is 0 Å². The number of rotatable bonds is 9. The highest BCUT2D eigenvalue weighted by Gasteiger charge is 1.99. The zero-order valence-corrected chi connectivity index (χ0v) is 9.13. The van der Waals surface area contributed by atoms with Crippen LogP contribution in [0.1, 0.15) is 38.5 Å². The molecule has 0 rings (SSSR count). The molecule has 88 valence electrons. The molecule has 0 saturated carbocycles. The van der Waals surface area contributed by atoms with Crippen molar-refractivity contribution in [2.45, 2.75) is 38.5 Å². The lowest BCUT2D eigenvalue weighted by Gasteiger charge is -2.03. The van der Waals surface area contributed by atoms with E-state index in [1.54, 1.807) is 0 Å². The van der Waals surface area contributed by atoms with E-state index in [2.05, 4.69) is 5.32 Å². The van der Waals surface area contributed by atoms with Crippen LogP contribution in [0.25, 0.3) is 0 Å². The first-order valence-electron chi connectivity index (χ1n) is 5.42. The van der Waals surface area contributed by atoms with Crippen molar-refractivity contribution in [3.05, 3.63) is 0 Å². The molecule has 0 bridgehead atoms. The Balaban J connectivity index is 3.16. The van der Waals surface area contributed by atoms with Crippen LogP contribution in [0.2, 0.25) is 0 Å². The topological polar surface area (TPSA) is 98.2 Å². The summed E-state index contributed by atoms with van der Waals surface area (Å²) in [5.74, 6) is -0.211. The molecule has 0 aromatic rings. The first kappa shape index (κ1) is 13.9. The second-order valence-electron chi connectivity index (χ2n) is 3.52. The average molecular weight is 215 g/mol. The van der Waals surface area contributed by atoms with E-state index in [1.165, 1.54) is 0 Å². The van der Waals surface area contributed by atoms with Crippen LogP contribution in [0.3, 0.4) is 0 Å². The second kappa shape index (κ2) is 9.45. The molecule has 5 heteroatoms. The van der Waals surface area contributed by atoms with Crippen LogP contribution in [0.4, 0.5) is 0 Å². The molecule has 0 aliphatic rings. The maximum absolute atomic E-state index is 11.1. The number of nitrogens with two attached hydrogens (primary N) is 2. The SMILES string of the molecule is NCCCC(=O)NCCCCCC(N)=O. The predicted octanol–water partition coefficient (Wildman–Crippen LogP) is -0.113. The minimum Gasteiger partial charge on any atom is -0.370 e. The van der Waals surface area contributed by atoms with Crippen LogP contribution in [0.5, 0.6) is 0 Å². The Kier molecular flexibility index (Phi) is 8.76. The van der Waals surface area contributed by atoms with E-state index < -0.39 is 0 Å². The second-order valence-corrected chi connectivity index (χ2v) is 3.52. The number of unbranched alkanes of at least 4 members (excludes halogenated alkanes) is 2. The molecule has 0 aromatic carbocycles. The van der Waals surface area contributed by atoms with Crippen molar-refractivity contribution < 1.29 is 9.59 Å². The van der Waals surface area contributed by atoms with Gasteiger partial charge in [0.05, 0.1) is 0 Å². The molecule has 0 unspecified atom stereocenters. The zero-order chi connectivity index (χ0) is 11.5. The van der Waals surface area contributed by atoms with Gasteiger partial charge < -0.3 is 16.8 Å². The van der Waals surface area contributed by atoms with E-state index >= 15 is 0 Å². The van der Waals surface area contributed by atoms with Gasteiger partial charge in [-0.25, -0.2) is 0 Å². The lowest BCUT2D eigenvalue weighted by Crippen LogP contribution is -2.24. The molecule has 0 aliphatic heterocycles. The van der Waals surface area contributed by atoms with Gasteiger partial charge in [0.1, 0.15) is 0 Å². The van der Waals surface area contributed by atoms with Crippen LogP contribution in [-0.2, 0) is 9.59 Å². The van der Waals surface area contributed by atoms with Crippen molar-refractivity contribution in [1.29, 1.82) is 0 Å². The molecular weight excluding hydrogens is 194 g/mol. The normalized spacial score (nSPS) is 9.93. The van der Waals surface area contributed by atoms with Crippen LogP contribution < -0.4 is 16.8 Å². The van der Waals surface area contributed by atoms with E-state index in [9.17, 15) is 9.59 Å². The minimum atomic E-state index is -0.262. The van der Waals surface area contributed by atoms with Gasteiger partial charge in [-0.2, -0.15) is 0 Å². The van der Waals surface area contributed by atoms with Gasteiger partial charge in [0, 0.05) is 19.4 Å². The van der Waals surface area contributed by atoms with Crippen LogP contribution in [0.15, 0.2) is 0 Å². The molecule has 15 heavy (non-hydrogen) atoms. The van der Waals surface area contributed by atoms with Gasteiger partial charge in [0.15, 0.2) is 0 Å². The Morgan fingerprint density at radius 2 is 1.73 bits per heavy atom.